The Bertz CT molecular complexity index is 601. The highest BCUT2D eigenvalue weighted by Gasteiger charge is 2.46. The highest BCUT2D eigenvalue weighted by atomic mass is 35.5. The largest absolute Gasteiger partial charge is 0.479 e. The monoisotopic (exact) mass is 365 g/mol. The van der Waals surface area contributed by atoms with E-state index in [1.54, 1.807) is 18.2 Å². The van der Waals surface area contributed by atoms with Crippen molar-refractivity contribution >= 4 is 46.8 Å². The van der Waals surface area contributed by atoms with Gasteiger partial charge in [0.25, 0.3) is 0 Å². The molecule has 1 aliphatic rings. The summed E-state index contributed by atoms with van der Waals surface area (Å²) in [6.07, 6.45) is -0.165. The first-order valence-electron chi connectivity index (χ1n) is 6.53. The van der Waals surface area contributed by atoms with Gasteiger partial charge in [-0.25, -0.2) is 9.18 Å². The summed E-state index contributed by atoms with van der Waals surface area (Å²) in [7, 11) is 0. The molecule has 1 amide bonds. The second-order valence-corrected chi connectivity index (χ2v) is 6.89. The first kappa shape index (κ1) is 17.4. The number of amides is 1. The van der Waals surface area contributed by atoms with Gasteiger partial charge in [-0.3, -0.25) is 4.79 Å². The van der Waals surface area contributed by atoms with Crippen LogP contribution in [0.1, 0.15) is 12.0 Å². The van der Waals surface area contributed by atoms with Gasteiger partial charge in [-0.05, 0) is 17.7 Å². The van der Waals surface area contributed by atoms with Crippen LogP contribution in [0.25, 0.3) is 0 Å². The van der Waals surface area contributed by atoms with E-state index in [0.717, 1.165) is 5.56 Å². The maximum Gasteiger partial charge on any atom is 0.343 e. The predicted molar refractivity (Wildman–Crippen MR) is 85.3 cm³/mol. The standard InChI is InChI=1S/C14H14Cl2FNO3S/c15-10-2-1-9(11(16)5-10)6-22-7-12(19)18-4-3-14(17,8-18)13(20)21/h1-2,5H,3-4,6-8H2,(H,20,21). The molecule has 8 heteroatoms. The van der Waals surface area contributed by atoms with Crippen molar-refractivity contribution in [1.29, 1.82) is 0 Å². The second-order valence-electron chi connectivity index (χ2n) is 5.06. The zero-order chi connectivity index (χ0) is 16.3. The lowest BCUT2D eigenvalue weighted by Crippen LogP contribution is -2.39. The second kappa shape index (κ2) is 7.06. The molecular formula is C14H14Cl2FNO3S. The van der Waals surface area contributed by atoms with E-state index in [4.69, 9.17) is 28.3 Å². The molecule has 1 aromatic rings. The van der Waals surface area contributed by atoms with Crippen molar-refractivity contribution < 1.29 is 19.1 Å². The third kappa shape index (κ3) is 4.06. The number of nitrogens with zero attached hydrogens (tertiary/aromatic N) is 1. The van der Waals surface area contributed by atoms with Crippen molar-refractivity contribution in [2.24, 2.45) is 0 Å². The van der Waals surface area contributed by atoms with E-state index < -0.39 is 11.6 Å². The molecular weight excluding hydrogens is 352 g/mol. The van der Waals surface area contributed by atoms with Crippen molar-refractivity contribution in [1.82, 2.24) is 4.90 Å². The predicted octanol–water partition coefficient (Wildman–Crippen LogP) is 3.25. The first-order chi connectivity index (χ1) is 10.3. The molecule has 2 rings (SSSR count). The van der Waals surface area contributed by atoms with Crippen molar-refractivity contribution in [2.45, 2.75) is 17.8 Å². The quantitative estimate of drug-likeness (QED) is 0.869. The number of likely N-dealkylation sites (tertiary alicyclic amines) is 1. The fourth-order valence-corrected chi connectivity index (χ4v) is 3.62. The molecule has 1 N–H and O–H groups in total. The van der Waals surface area contributed by atoms with E-state index in [0.29, 0.717) is 15.8 Å². The van der Waals surface area contributed by atoms with Crippen LogP contribution in [0.4, 0.5) is 4.39 Å². The molecule has 1 fully saturated rings. The summed E-state index contributed by atoms with van der Waals surface area (Å²) in [6, 6.07) is 5.14. The topological polar surface area (TPSA) is 57.6 Å². The highest BCUT2D eigenvalue weighted by Crippen LogP contribution is 2.28. The lowest BCUT2D eigenvalue weighted by Gasteiger charge is -2.17. The number of benzene rings is 1. The lowest BCUT2D eigenvalue weighted by molar-refractivity contribution is -0.150. The molecule has 0 bridgehead atoms. The molecule has 1 unspecified atom stereocenters. The molecule has 120 valence electrons. The third-order valence-electron chi connectivity index (χ3n) is 3.45. The first-order valence-corrected chi connectivity index (χ1v) is 8.45. The zero-order valence-corrected chi connectivity index (χ0v) is 13.8. The summed E-state index contributed by atoms with van der Waals surface area (Å²) in [5.74, 6) is -1.11. The van der Waals surface area contributed by atoms with Crippen molar-refractivity contribution in [3.63, 3.8) is 0 Å². The summed E-state index contributed by atoms with van der Waals surface area (Å²) in [5, 5.41) is 9.88. The molecule has 1 heterocycles. The van der Waals surface area contributed by atoms with E-state index >= 15 is 0 Å². The van der Waals surface area contributed by atoms with Crippen LogP contribution in [0.2, 0.25) is 10.0 Å². The molecule has 1 aromatic carbocycles. The molecule has 0 aromatic heterocycles. The van der Waals surface area contributed by atoms with Gasteiger partial charge in [0.2, 0.25) is 11.6 Å². The average molecular weight is 366 g/mol. The molecule has 1 aliphatic heterocycles. The number of thioether (sulfide) groups is 1. The summed E-state index contributed by atoms with van der Waals surface area (Å²) in [5.41, 5.74) is -1.46. The number of halogens is 3. The van der Waals surface area contributed by atoms with E-state index in [1.807, 2.05) is 0 Å². The number of carbonyl (C=O) groups excluding carboxylic acids is 1. The van der Waals surface area contributed by atoms with Crippen molar-refractivity contribution in [3.05, 3.63) is 33.8 Å². The molecule has 22 heavy (non-hydrogen) atoms. The Hall–Kier alpha value is -0.980. The summed E-state index contributed by atoms with van der Waals surface area (Å²) in [4.78, 5) is 24.0. The molecule has 0 aliphatic carbocycles. The minimum absolute atomic E-state index is 0.129. The van der Waals surface area contributed by atoms with E-state index in [1.165, 1.54) is 16.7 Å². The SMILES string of the molecule is O=C(CSCc1ccc(Cl)cc1Cl)N1CCC(F)(C(=O)O)C1. The zero-order valence-electron chi connectivity index (χ0n) is 11.5. The fourth-order valence-electron chi connectivity index (χ4n) is 2.14. The molecule has 4 nitrogen and oxygen atoms in total. The van der Waals surface area contributed by atoms with E-state index in [2.05, 4.69) is 0 Å². The summed E-state index contributed by atoms with van der Waals surface area (Å²) >= 11 is 13.2. The van der Waals surface area contributed by atoms with Gasteiger partial charge in [0.05, 0.1) is 12.3 Å². The number of hydrogen-bond donors (Lipinski definition) is 1. The van der Waals surface area contributed by atoms with E-state index in [9.17, 15) is 14.0 Å². The van der Waals surface area contributed by atoms with Gasteiger partial charge in [-0.1, -0.05) is 29.3 Å². The van der Waals surface area contributed by atoms with Gasteiger partial charge < -0.3 is 10.0 Å². The number of aliphatic carboxylic acids is 1. The molecule has 1 saturated heterocycles. The van der Waals surface area contributed by atoms with Crippen LogP contribution >= 0.6 is 35.0 Å². The van der Waals surface area contributed by atoms with Crippen LogP contribution in [0, 0.1) is 0 Å². The van der Waals surface area contributed by atoms with Crippen molar-refractivity contribution in [2.75, 3.05) is 18.8 Å². The Balaban J connectivity index is 1.83. The van der Waals surface area contributed by atoms with Gasteiger partial charge in [0.1, 0.15) is 0 Å². The van der Waals surface area contributed by atoms with Crippen LogP contribution < -0.4 is 0 Å². The Morgan fingerprint density at radius 1 is 1.41 bits per heavy atom. The van der Waals surface area contributed by atoms with Gasteiger partial charge in [0, 0.05) is 28.8 Å². The third-order valence-corrected chi connectivity index (χ3v) is 5.01. The Morgan fingerprint density at radius 3 is 2.73 bits per heavy atom. The Labute approximate surface area is 141 Å². The molecule has 0 spiro atoms. The van der Waals surface area contributed by atoms with Crippen LogP contribution in [-0.2, 0) is 15.3 Å². The number of carboxylic acid groups (broad SMARTS) is 1. The Morgan fingerprint density at radius 2 is 2.14 bits per heavy atom. The summed E-state index contributed by atoms with van der Waals surface area (Å²) in [6.45, 7) is -0.257. The average Bonchev–Trinajstić information content (AvgIpc) is 2.85. The molecule has 0 saturated carbocycles. The normalized spacial score (nSPS) is 21.1. The number of carboxylic acids is 1. The molecule has 1 atom stereocenters. The number of hydrogen-bond acceptors (Lipinski definition) is 3. The van der Waals surface area contributed by atoms with Gasteiger partial charge in [0.15, 0.2) is 0 Å². The van der Waals surface area contributed by atoms with Gasteiger partial charge in [-0.2, -0.15) is 0 Å². The van der Waals surface area contributed by atoms with Crippen molar-refractivity contribution in [3.8, 4) is 0 Å². The highest BCUT2D eigenvalue weighted by molar-refractivity contribution is 7.99. The van der Waals surface area contributed by atoms with E-state index in [-0.39, 0.29) is 31.2 Å². The Kier molecular flexibility index (Phi) is 5.58. The fraction of sp³-hybridized carbons (Fsp3) is 0.429. The number of rotatable bonds is 5. The van der Waals surface area contributed by atoms with Gasteiger partial charge >= 0.3 is 5.97 Å². The smallest absolute Gasteiger partial charge is 0.343 e. The van der Waals surface area contributed by atoms with Crippen LogP contribution in [-0.4, -0.2) is 46.4 Å². The van der Waals surface area contributed by atoms with Crippen LogP contribution in [0.5, 0.6) is 0 Å². The minimum Gasteiger partial charge on any atom is -0.479 e. The summed E-state index contributed by atoms with van der Waals surface area (Å²) < 4.78 is 13.9. The number of carbonyl (C=O) groups is 2. The minimum atomic E-state index is -2.32. The maximum absolute atomic E-state index is 13.9. The van der Waals surface area contributed by atoms with Crippen LogP contribution in [0.15, 0.2) is 18.2 Å². The number of alkyl halides is 1. The van der Waals surface area contributed by atoms with Gasteiger partial charge in [-0.15, -0.1) is 11.8 Å². The maximum atomic E-state index is 13.9. The lowest BCUT2D eigenvalue weighted by atomic mass is 10.1. The molecule has 0 radical (unpaired) electrons. The van der Waals surface area contributed by atoms with Crippen LogP contribution in [0.3, 0.4) is 0 Å².